The lowest BCUT2D eigenvalue weighted by Crippen LogP contribution is -2.21. The second-order valence-corrected chi connectivity index (χ2v) is 5.34. The fourth-order valence-corrected chi connectivity index (χ4v) is 2.37. The molecule has 0 aliphatic carbocycles. The van der Waals surface area contributed by atoms with E-state index in [0.717, 1.165) is 28.8 Å². The number of hydrogen-bond donors (Lipinski definition) is 1. The Morgan fingerprint density at radius 3 is 2.46 bits per heavy atom. The van der Waals surface area contributed by atoms with E-state index in [9.17, 15) is 22.4 Å². The highest BCUT2D eigenvalue weighted by Crippen LogP contribution is 2.30. The summed E-state index contributed by atoms with van der Waals surface area (Å²) in [6.07, 6.45) is -4.70. The van der Waals surface area contributed by atoms with Crippen molar-refractivity contribution < 1.29 is 17.6 Å². The Kier molecular flexibility index (Phi) is 3.71. The summed E-state index contributed by atoms with van der Waals surface area (Å²) in [5.74, 6) is -0.821. The van der Waals surface area contributed by atoms with Gasteiger partial charge in [0.1, 0.15) is 17.2 Å². The molecule has 0 radical (unpaired) electrons. The van der Waals surface area contributed by atoms with Gasteiger partial charge in [0.2, 0.25) is 0 Å². The van der Waals surface area contributed by atoms with Crippen LogP contribution in [-0.2, 0) is 6.18 Å². The summed E-state index contributed by atoms with van der Waals surface area (Å²) in [6, 6.07) is 6.32. The maximum atomic E-state index is 13.7. The molecule has 0 aliphatic rings. The molecule has 0 spiro atoms. The molecule has 2 heterocycles. The van der Waals surface area contributed by atoms with Gasteiger partial charge in [-0.3, -0.25) is 9.36 Å². The normalized spacial score (nSPS) is 11.9. The highest BCUT2D eigenvalue weighted by atomic mass is 35.5. The number of alkyl halides is 3. The molecule has 3 rings (SSSR count). The van der Waals surface area contributed by atoms with Crippen LogP contribution in [0, 0.1) is 5.82 Å². The Hall–Kier alpha value is -2.61. The number of anilines is 1. The van der Waals surface area contributed by atoms with Gasteiger partial charge in [0.25, 0.3) is 5.56 Å². The van der Waals surface area contributed by atoms with E-state index in [2.05, 4.69) is 4.98 Å². The minimum absolute atomic E-state index is 0.0151. The van der Waals surface area contributed by atoms with Crippen LogP contribution < -0.4 is 11.3 Å². The third kappa shape index (κ3) is 2.69. The monoisotopic (exact) mass is 357 g/mol. The first-order chi connectivity index (χ1) is 11.2. The maximum Gasteiger partial charge on any atom is 0.433 e. The molecule has 124 valence electrons. The number of hydrogen-bond acceptors (Lipinski definition) is 3. The van der Waals surface area contributed by atoms with Crippen molar-refractivity contribution >= 4 is 28.3 Å². The van der Waals surface area contributed by atoms with Crippen molar-refractivity contribution in [3.8, 4) is 5.69 Å². The van der Waals surface area contributed by atoms with Gasteiger partial charge in [-0.1, -0.05) is 11.6 Å². The van der Waals surface area contributed by atoms with Crippen LogP contribution in [-0.4, -0.2) is 9.55 Å². The lowest BCUT2D eigenvalue weighted by Gasteiger charge is -2.13. The Balaban J connectivity index is 2.41. The third-order valence-electron chi connectivity index (χ3n) is 3.35. The Bertz CT molecular complexity index is 1010. The molecule has 1 aromatic carbocycles. The fraction of sp³-hybridized carbons (Fsp3) is 0.0667. The maximum absolute atomic E-state index is 13.7. The topological polar surface area (TPSA) is 60.9 Å². The van der Waals surface area contributed by atoms with Crippen LogP contribution in [0.15, 0.2) is 41.2 Å². The third-order valence-corrected chi connectivity index (χ3v) is 3.66. The van der Waals surface area contributed by atoms with Crippen LogP contribution in [0.4, 0.5) is 23.2 Å². The smallest absolute Gasteiger partial charge is 0.398 e. The van der Waals surface area contributed by atoms with Crippen LogP contribution in [0.25, 0.3) is 16.7 Å². The number of halogens is 5. The number of nitrogen functional groups attached to an aromatic ring is 1. The van der Waals surface area contributed by atoms with Crippen LogP contribution in [0.2, 0.25) is 5.02 Å². The van der Waals surface area contributed by atoms with E-state index in [1.54, 1.807) is 0 Å². The first-order valence-corrected chi connectivity index (χ1v) is 6.91. The summed E-state index contributed by atoms with van der Waals surface area (Å²) in [4.78, 5) is 15.7. The predicted octanol–water partition coefficient (Wildman–Crippen LogP) is 3.78. The average Bonchev–Trinajstić information content (AvgIpc) is 2.49. The molecule has 4 nitrogen and oxygen atoms in total. The molecule has 0 bridgehead atoms. The lowest BCUT2D eigenvalue weighted by molar-refractivity contribution is -0.141. The van der Waals surface area contributed by atoms with Gasteiger partial charge in [-0.2, -0.15) is 13.2 Å². The molecule has 0 fully saturated rings. The highest BCUT2D eigenvalue weighted by molar-refractivity contribution is 6.30. The second-order valence-electron chi connectivity index (χ2n) is 4.94. The van der Waals surface area contributed by atoms with Gasteiger partial charge >= 0.3 is 6.18 Å². The number of fused-ring (bicyclic) bond motifs is 1. The highest BCUT2D eigenvalue weighted by Gasteiger charge is 2.33. The van der Waals surface area contributed by atoms with E-state index in [1.165, 1.54) is 12.1 Å². The summed E-state index contributed by atoms with van der Waals surface area (Å²) in [5, 5.41) is -0.0477. The fourth-order valence-electron chi connectivity index (χ4n) is 2.26. The summed E-state index contributed by atoms with van der Waals surface area (Å²) in [7, 11) is 0. The summed E-state index contributed by atoms with van der Waals surface area (Å²) < 4.78 is 53.2. The second kappa shape index (κ2) is 5.48. The molecule has 0 saturated heterocycles. The van der Waals surface area contributed by atoms with Crippen molar-refractivity contribution in [2.75, 3.05) is 5.73 Å². The molecule has 0 amide bonds. The number of aromatic nitrogens is 2. The van der Waals surface area contributed by atoms with Gasteiger partial charge in [-0.15, -0.1) is 0 Å². The lowest BCUT2D eigenvalue weighted by atomic mass is 10.2. The van der Waals surface area contributed by atoms with E-state index in [0.29, 0.717) is 0 Å². The average molecular weight is 358 g/mol. The summed E-state index contributed by atoms with van der Waals surface area (Å²) in [6.45, 7) is 0. The van der Waals surface area contributed by atoms with Gasteiger partial charge in [0.05, 0.1) is 10.7 Å². The van der Waals surface area contributed by atoms with E-state index < -0.39 is 23.2 Å². The van der Waals surface area contributed by atoms with Crippen LogP contribution in [0.5, 0.6) is 0 Å². The molecule has 0 saturated carbocycles. The standard InChI is InChI=1S/C15H8ClF4N3O/c16-9-3-1-7(5-10(9)17)23-13(24)6-11(21)8-2-4-12(15(18,19)20)22-14(8)23/h1-6H,21H2. The number of benzene rings is 1. The van der Waals surface area contributed by atoms with Crippen molar-refractivity contribution in [3.63, 3.8) is 0 Å². The number of rotatable bonds is 1. The summed E-state index contributed by atoms with van der Waals surface area (Å²) >= 11 is 5.59. The Morgan fingerprint density at radius 2 is 1.83 bits per heavy atom. The molecule has 9 heteroatoms. The zero-order valence-electron chi connectivity index (χ0n) is 11.7. The molecule has 2 N–H and O–H groups in total. The number of nitrogens with zero attached hydrogens (tertiary/aromatic N) is 2. The zero-order valence-corrected chi connectivity index (χ0v) is 12.5. The van der Waals surface area contributed by atoms with Crippen molar-refractivity contribution in [1.82, 2.24) is 9.55 Å². The molecule has 2 aromatic heterocycles. The minimum atomic E-state index is -4.70. The zero-order chi connectivity index (χ0) is 17.6. The predicted molar refractivity (Wildman–Crippen MR) is 81.7 cm³/mol. The van der Waals surface area contributed by atoms with Crippen molar-refractivity contribution in [1.29, 1.82) is 0 Å². The SMILES string of the molecule is Nc1cc(=O)n(-c2ccc(Cl)c(F)c2)c2nc(C(F)(F)F)ccc12. The van der Waals surface area contributed by atoms with E-state index in [-0.39, 0.29) is 27.4 Å². The van der Waals surface area contributed by atoms with Gasteiger partial charge < -0.3 is 5.73 Å². The number of pyridine rings is 2. The molecule has 0 atom stereocenters. The van der Waals surface area contributed by atoms with Gasteiger partial charge in [0.15, 0.2) is 0 Å². The minimum Gasteiger partial charge on any atom is -0.398 e. The van der Waals surface area contributed by atoms with Gasteiger partial charge in [0, 0.05) is 17.1 Å². The van der Waals surface area contributed by atoms with E-state index in [1.807, 2.05) is 0 Å². The molecule has 24 heavy (non-hydrogen) atoms. The Morgan fingerprint density at radius 1 is 1.12 bits per heavy atom. The first-order valence-electron chi connectivity index (χ1n) is 6.53. The van der Waals surface area contributed by atoms with Crippen LogP contribution >= 0.6 is 11.6 Å². The van der Waals surface area contributed by atoms with E-state index in [4.69, 9.17) is 17.3 Å². The molecule has 3 aromatic rings. The van der Waals surface area contributed by atoms with Gasteiger partial charge in [-0.05, 0) is 30.3 Å². The molecule has 0 aliphatic heterocycles. The van der Waals surface area contributed by atoms with Crippen molar-refractivity contribution in [2.45, 2.75) is 6.18 Å². The largest absolute Gasteiger partial charge is 0.433 e. The molecular formula is C15H8ClF4N3O. The molecule has 0 unspecified atom stereocenters. The summed E-state index contributed by atoms with van der Waals surface area (Å²) in [5.41, 5.74) is 3.39. The quantitative estimate of drug-likeness (QED) is 0.674. The van der Waals surface area contributed by atoms with Crippen LogP contribution in [0.1, 0.15) is 5.69 Å². The molecular weight excluding hydrogens is 350 g/mol. The van der Waals surface area contributed by atoms with Crippen molar-refractivity contribution in [2.24, 2.45) is 0 Å². The number of nitrogens with two attached hydrogens (primary N) is 1. The van der Waals surface area contributed by atoms with Gasteiger partial charge in [-0.25, -0.2) is 9.37 Å². The van der Waals surface area contributed by atoms with Crippen molar-refractivity contribution in [3.05, 3.63) is 63.3 Å². The van der Waals surface area contributed by atoms with E-state index >= 15 is 0 Å². The first kappa shape index (κ1) is 16.3. The van der Waals surface area contributed by atoms with Crippen LogP contribution in [0.3, 0.4) is 0 Å². The Labute approximate surface area is 137 Å².